The lowest BCUT2D eigenvalue weighted by atomic mass is 10.1. The Morgan fingerprint density at radius 2 is 1.69 bits per heavy atom. The van der Waals surface area contributed by atoms with Gasteiger partial charge in [0.2, 0.25) is 5.91 Å². The molecule has 1 aromatic carbocycles. The molecule has 0 spiro atoms. The molecular formula is C27H38N8O4. The van der Waals surface area contributed by atoms with Gasteiger partial charge in [-0.15, -0.1) is 0 Å². The van der Waals surface area contributed by atoms with E-state index in [1.165, 1.54) is 4.57 Å². The maximum Gasteiger partial charge on any atom is 0.354 e. The summed E-state index contributed by atoms with van der Waals surface area (Å²) in [5, 5.41) is 12.0. The van der Waals surface area contributed by atoms with E-state index in [2.05, 4.69) is 15.2 Å². The Labute approximate surface area is 227 Å². The number of carbonyl (C=O) groups is 2. The topological polar surface area (TPSA) is 163 Å². The highest BCUT2D eigenvalue weighted by Crippen LogP contribution is 2.53. The average Bonchev–Trinajstić information content (AvgIpc) is 3.42. The van der Waals surface area contributed by atoms with Crippen LogP contribution >= 0.6 is 0 Å². The molecule has 2 saturated heterocycles. The smallest absolute Gasteiger partial charge is 0.354 e. The van der Waals surface area contributed by atoms with E-state index in [0.717, 1.165) is 25.2 Å². The Morgan fingerprint density at radius 3 is 2.26 bits per heavy atom. The van der Waals surface area contributed by atoms with Crippen LogP contribution in [0.2, 0.25) is 0 Å². The number of aromatic nitrogens is 2. The van der Waals surface area contributed by atoms with Crippen LogP contribution in [-0.2, 0) is 11.3 Å². The lowest BCUT2D eigenvalue weighted by Gasteiger charge is -2.37. The molecule has 2 aromatic rings. The molecule has 0 bridgehead atoms. The molecule has 0 radical (unpaired) electrons. The Kier molecular flexibility index (Phi) is 7.47. The Morgan fingerprint density at radius 1 is 1.08 bits per heavy atom. The van der Waals surface area contributed by atoms with E-state index in [4.69, 9.17) is 11.5 Å². The number of aliphatic hydroxyl groups is 1. The molecule has 5 rings (SSSR count). The predicted octanol–water partition coefficient (Wildman–Crippen LogP) is -0.357. The molecule has 3 heterocycles. The first-order chi connectivity index (χ1) is 18.5. The summed E-state index contributed by atoms with van der Waals surface area (Å²) in [4.78, 5) is 47.5. The van der Waals surface area contributed by atoms with Gasteiger partial charge < -0.3 is 26.4 Å². The molecule has 3 amide bonds. The minimum Gasteiger partial charge on any atom is -0.395 e. The summed E-state index contributed by atoms with van der Waals surface area (Å²) < 4.78 is 1.43. The Bertz CT molecular complexity index is 1250. The minimum absolute atomic E-state index is 0.0511. The molecule has 1 unspecified atom stereocenters. The van der Waals surface area contributed by atoms with Crippen molar-refractivity contribution in [2.75, 3.05) is 51.2 Å². The molecule has 3 fully saturated rings. The first-order valence-electron chi connectivity index (χ1n) is 13.5. The van der Waals surface area contributed by atoms with Gasteiger partial charge in [0.25, 0.3) is 0 Å². The second kappa shape index (κ2) is 10.7. The van der Waals surface area contributed by atoms with Crippen molar-refractivity contribution < 1.29 is 14.7 Å². The quantitative estimate of drug-likeness (QED) is 0.371. The van der Waals surface area contributed by atoms with E-state index >= 15 is 0 Å². The molecule has 3 aliphatic rings. The standard InChI is InChI=1S/C27H38N8O4/c1-27(2,29)24(37)33-9-11-34(12-10-33)25(38)30-22-7-8-35(26(39)31-22)18-5-3-17(4-6-18)13-32-14-19-20(15-32)23(19)21(28)16-36/h3-8,19-21,23,36H,9-16,28-29H2,1-2H3,(H,30,31,38,39)/t19-,20+,21-,23?/m1/s1. The molecule has 6 N–H and O–H groups in total. The van der Waals surface area contributed by atoms with Crippen LogP contribution in [0.25, 0.3) is 5.69 Å². The monoisotopic (exact) mass is 538 g/mol. The van der Waals surface area contributed by atoms with E-state index in [0.29, 0.717) is 49.6 Å². The third-order valence-electron chi connectivity index (χ3n) is 8.11. The van der Waals surface area contributed by atoms with Crippen LogP contribution in [0.3, 0.4) is 0 Å². The fraction of sp³-hybridized carbons (Fsp3) is 0.556. The lowest BCUT2D eigenvalue weighted by molar-refractivity contribution is -0.137. The van der Waals surface area contributed by atoms with Crippen molar-refractivity contribution in [1.29, 1.82) is 0 Å². The minimum atomic E-state index is -0.951. The van der Waals surface area contributed by atoms with Gasteiger partial charge in [0.05, 0.1) is 17.8 Å². The number of hydrogen-bond acceptors (Lipinski definition) is 8. The maximum absolute atomic E-state index is 12.7. The highest BCUT2D eigenvalue weighted by atomic mass is 16.3. The molecule has 2 aliphatic heterocycles. The van der Waals surface area contributed by atoms with E-state index in [1.807, 2.05) is 24.3 Å². The summed E-state index contributed by atoms with van der Waals surface area (Å²) in [6.07, 6.45) is 1.60. The van der Waals surface area contributed by atoms with Crippen molar-refractivity contribution in [2.45, 2.75) is 32.0 Å². The van der Waals surface area contributed by atoms with Gasteiger partial charge in [0.1, 0.15) is 5.82 Å². The summed E-state index contributed by atoms with van der Waals surface area (Å²) in [6.45, 7) is 7.75. The second-order valence-corrected chi connectivity index (χ2v) is 11.5. The first kappa shape index (κ1) is 27.3. The number of nitrogens with two attached hydrogens (primary N) is 2. The number of carbonyl (C=O) groups excluding carboxylic acids is 2. The lowest BCUT2D eigenvalue weighted by Crippen LogP contribution is -2.58. The largest absolute Gasteiger partial charge is 0.395 e. The normalized spacial score (nSPS) is 23.9. The van der Waals surface area contributed by atoms with Gasteiger partial charge in [-0.25, -0.2) is 9.59 Å². The maximum atomic E-state index is 12.7. The van der Waals surface area contributed by atoms with Crippen LogP contribution in [0.15, 0.2) is 41.3 Å². The molecule has 39 heavy (non-hydrogen) atoms. The van der Waals surface area contributed by atoms with Crippen LogP contribution in [-0.4, -0.2) is 98.8 Å². The summed E-state index contributed by atoms with van der Waals surface area (Å²) in [6, 6.07) is 8.91. The number of rotatable bonds is 7. The Balaban J connectivity index is 1.13. The SMILES string of the molecule is CC(C)(N)C(=O)N1CCN(C(=O)Nc2ccn(-c3ccc(CN4C[C@@H]5C([C@H](N)CO)[C@@H]5C4)cc3)c(=O)n2)CC1. The number of aliphatic hydroxyl groups excluding tert-OH is 1. The molecule has 1 aliphatic carbocycles. The van der Waals surface area contributed by atoms with Crippen molar-refractivity contribution >= 4 is 17.8 Å². The van der Waals surface area contributed by atoms with E-state index in [-0.39, 0.29) is 30.4 Å². The molecule has 1 aromatic heterocycles. The van der Waals surface area contributed by atoms with Crippen molar-refractivity contribution in [3.63, 3.8) is 0 Å². The van der Waals surface area contributed by atoms with Gasteiger partial charge in [0, 0.05) is 58.1 Å². The van der Waals surface area contributed by atoms with Crippen molar-refractivity contribution in [1.82, 2.24) is 24.3 Å². The number of amides is 3. The van der Waals surface area contributed by atoms with E-state index < -0.39 is 11.2 Å². The number of nitrogens with one attached hydrogen (secondary N) is 1. The number of piperazine rings is 1. The number of anilines is 1. The van der Waals surface area contributed by atoms with Crippen LogP contribution in [0.5, 0.6) is 0 Å². The zero-order valence-electron chi connectivity index (χ0n) is 22.5. The molecular weight excluding hydrogens is 500 g/mol. The number of fused-ring (bicyclic) bond motifs is 1. The van der Waals surface area contributed by atoms with Crippen LogP contribution in [0, 0.1) is 17.8 Å². The molecule has 12 heteroatoms. The van der Waals surface area contributed by atoms with Gasteiger partial charge in [-0.05, 0) is 55.4 Å². The average molecular weight is 539 g/mol. The molecule has 1 saturated carbocycles. The number of hydrogen-bond donors (Lipinski definition) is 4. The predicted molar refractivity (Wildman–Crippen MR) is 146 cm³/mol. The van der Waals surface area contributed by atoms with Crippen LogP contribution in [0.1, 0.15) is 19.4 Å². The summed E-state index contributed by atoms with van der Waals surface area (Å²) in [5.41, 5.74) is 12.3. The van der Waals surface area contributed by atoms with Crippen molar-refractivity contribution in [2.24, 2.45) is 29.2 Å². The van der Waals surface area contributed by atoms with Gasteiger partial charge >= 0.3 is 11.7 Å². The summed E-state index contributed by atoms with van der Waals surface area (Å²) in [5.74, 6) is 1.66. The van der Waals surface area contributed by atoms with Gasteiger partial charge in [-0.1, -0.05) is 12.1 Å². The van der Waals surface area contributed by atoms with Crippen LogP contribution < -0.4 is 22.5 Å². The van der Waals surface area contributed by atoms with Crippen molar-refractivity contribution in [3.8, 4) is 5.69 Å². The third kappa shape index (κ3) is 5.83. The first-order valence-corrected chi connectivity index (χ1v) is 13.5. The fourth-order valence-electron chi connectivity index (χ4n) is 5.94. The molecule has 4 atom stereocenters. The number of benzene rings is 1. The highest BCUT2D eigenvalue weighted by molar-refractivity contribution is 5.89. The van der Waals surface area contributed by atoms with E-state index in [9.17, 15) is 19.5 Å². The summed E-state index contributed by atoms with van der Waals surface area (Å²) in [7, 11) is 0. The Hall–Kier alpha value is -3.32. The number of likely N-dealkylation sites (tertiary alicyclic amines) is 1. The number of nitrogens with zero attached hydrogens (tertiary/aromatic N) is 5. The second-order valence-electron chi connectivity index (χ2n) is 11.5. The third-order valence-corrected chi connectivity index (χ3v) is 8.11. The zero-order chi connectivity index (χ0) is 27.9. The van der Waals surface area contributed by atoms with Crippen LogP contribution in [0.4, 0.5) is 10.6 Å². The van der Waals surface area contributed by atoms with E-state index in [1.54, 1.807) is 35.9 Å². The summed E-state index contributed by atoms with van der Waals surface area (Å²) >= 11 is 0. The van der Waals surface area contributed by atoms with Gasteiger partial charge in [-0.2, -0.15) is 4.98 Å². The molecule has 12 nitrogen and oxygen atoms in total. The fourth-order valence-corrected chi connectivity index (χ4v) is 5.94. The molecule has 210 valence electrons. The zero-order valence-corrected chi connectivity index (χ0v) is 22.5. The number of urea groups is 1. The highest BCUT2D eigenvalue weighted by Gasteiger charge is 2.57. The van der Waals surface area contributed by atoms with Crippen molar-refractivity contribution in [3.05, 3.63) is 52.6 Å². The van der Waals surface area contributed by atoms with Gasteiger partial charge in [0.15, 0.2) is 0 Å². The number of piperidine rings is 1. The van der Waals surface area contributed by atoms with Gasteiger partial charge in [-0.3, -0.25) is 19.6 Å².